The Kier molecular flexibility index (Phi) is 5.55. The van der Waals surface area contributed by atoms with Gasteiger partial charge in [-0.3, -0.25) is 4.68 Å². The van der Waals surface area contributed by atoms with Crippen LogP contribution in [0, 0.1) is 6.92 Å². The van der Waals surface area contributed by atoms with Crippen LogP contribution < -0.4 is 5.32 Å². The van der Waals surface area contributed by atoms with Gasteiger partial charge in [-0.1, -0.05) is 13.8 Å². The van der Waals surface area contributed by atoms with E-state index in [1.165, 1.54) is 4.88 Å². The lowest BCUT2D eigenvalue weighted by molar-refractivity contribution is 0.285. The second-order valence-electron chi connectivity index (χ2n) is 4.72. The van der Waals surface area contributed by atoms with E-state index in [0.29, 0.717) is 0 Å². The molecule has 0 fully saturated rings. The molecule has 6 heteroatoms. The van der Waals surface area contributed by atoms with Crippen LogP contribution in [-0.2, 0) is 13.1 Å². The Balaban J connectivity index is 1.80. The van der Waals surface area contributed by atoms with Gasteiger partial charge in [0.2, 0.25) is 0 Å². The van der Waals surface area contributed by atoms with Crippen LogP contribution in [0.4, 0.5) is 5.69 Å². The maximum atomic E-state index is 4.39. The first kappa shape index (κ1) is 15.0. The zero-order chi connectivity index (χ0) is 14.4. The summed E-state index contributed by atoms with van der Waals surface area (Å²) in [7, 11) is 0. The molecule has 2 heterocycles. The highest BCUT2D eigenvalue weighted by atomic mass is 32.1. The van der Waals surface area contributed by atoms with E-state index in [-0.39, 0.29) is 0 Å². The summed E-state index contributed by atoms with van der Waals surface area (Å²) in [5.41, 5.74) is 1.07. The smallest absolute Gasteiger partial charge is 0.0897 e. The van der Waals surface area contributed by atoms with Crippen LogP contribution >= 0.6 is 11.3 Å². The average Bonchev–Trinajstić information content (AvgIpc) is 3.07. The molecule has 0 bridgehead atoms. The molecule has 0 aliphatic carbocycles. The lowest BCUT2D eigenvalue weighted by Crippen LogP contribution is -2.27. The van der Waals surface area contributed by atoms with E-state index < -0.39 is 0 Å². The van der Waals surface area contributed by atoms with Crippen LogP contribution in [0.15, 0.2) is 18.6 Å². The molecule has 0 unspecified atom stereocenters. The molecule has 0 saturated carbocycles. The van der Waals surface area contributed by atoms with Gasteiger partial charge in [0.15, 0.2) is 0 Å². The summed E-state index contributed by atoms with van der Waals surface area (Å²) in [6, 6.07) is 0. The molecule has 0 amide bonds. The number of anilines is 1. The van der Waals surface area contributed by atoms with Gasteiger partial charge in [0.25, 0.3) is 0 Å². The maximum absolute atomic E-state index is 4.39. The fourth-order valence-corrected chi connectivity index (χ4v) is 2.77. The molecule has 5 nitrogen and oxygen atoms in total. The average molecular weight is 293 g/mol. The number of nitrogens with zero attached hydrogens (tertiary/aromatic N) is 4. The molecule has 110 valence electrons. The number of thiazole rings is 1. The van der Waals surface area contributed by atoms with Gasteiger partial charge in [-0.15, -0.1) is 11.3 Å². The van der Waals surface area contributed by atoms with Gasteiger partial charge in [0, 0.05) is 23.8 Å². The van der Waals surface area contributed by atoms with Crippen molar-refractivity contribution in [3.63, 3.8) is 0 Å². The molecule has 0 atom stereocenters. The van der Waals surface area contributed by atoms with E-state index in [2.05, 4.69) is 40.3 Å². The van der Waals surface area contributed by atoms with E-state index in [9.17, 15) is 0 Å². The monoisotopic (exact) mass is 293 g/mol. The second kappa shape index (κ2) is 7.40. The number of hydrogen-bond acceptors (Lipinski definition) is 5. The van der Waals surface area contributed by atoms with Gasteiger partial charge in [-0.2, -0.15) is 5.10 Å². The molecule has 2 aromatic rings. The summed E-state index contributed by atoms with van der Waals surface area (Å²) in [6.45, 7) is 11.4. The Morgan fingerprint density at radius 1 is 1.30 bits per heavy atom. The fourth-order valence-electron chi connectivity index (χ4n) is 2.04. The summed E-state index contributed by atoms with van der Waals surface area (Å²) < 4.78 is 2.00. The first-order valence-electron chi connectivity index (χ1n) is 7.11. The topological polar surface area (TPSA) is 46.0 Å². The van der Waals surface area contributed by atoms with Crippen LogP contribution in [0.5, 0.6) is 0 Å². The summed E-state index contributed by atoms with van der Waals surface area (Å²) in [5.74, 6) is 0. The second-order valence-corrected chi connectivity index (χ2v) is 6.04. The van der Waals surface area contributed by atoms with Crippen molar-refractivity contribution in [2.45, 2.75) is 33.9 Å². The minimum atomic E-state index is 0.813. The van der Waals surface area contributed by atoms with Crippen molar-refractivity contribution in [1.29, 1.82) is 0 Å². The Hall–Kier alpha value is -1.40. The Labute approximate surface area is 124 Å². The van der Waals surface area contributed by atoms with E-state index in [0.717, 1.165) is 43.4 Å². The van der Waals surface area contributed by atoms with Gasteiger partial charge in [-0.05, 0) is 20.0 Å². The van der Waals surface area contributed by atoms with Gasteiger partial charge >= 0.3 is 0 Å². The number of likely N-dealkylation sites (N-methyl/N-ethyl adjacent to an activating group) is 1. The van der Waals surface area contributed by atoms with Crippen LogP contribution in [0.3, 0.4) is 0 Å². The SMILES string of the molecule is CCN(CC)CCn1cc(NCc2cnc(C)s2)cn1. The highest BCUT2D eigenvalue weighted by Gasteiger charge is 2.03. The lowest BCUT2D eigenvalue weighted by Gasteiger charge is -2.17. The van der Waals surface area contributed by atoms with Gasteiger partial charge < -0.3 is 10.2 Å². The molecule has 20 heavy (non-hydrogen) atoms. The maximum Gasteiger partial charge on any atom is 0.0897 e. The molecule has 0 aliphatic heterocycles. The van der Waals surface area contributed by atoms with Crippen molar-refractivity contribution in [3.05, 3.63) is 28.5 Å². The fraction of sp³-hybridized carbons (Fsp3) is 0.571. The largest absolute Gasteiger partial charge is 0.378 e. The van der Waals surface area contributed by atoms with E-state index >= 15 is 0 Å². The van der Waals surface area contributed by atoms with E-state index in [1.54, 1.807) is 11.3 Å². The van der Waals surface area contributed by atoms with Gasteiger partial charge in [0.1, 0.15) is 0 Å². The summed E-state index contributed by atoms with van der Waals surface area (Å²) >= 11 is 1.73. The molecule has 2 aromatic heterocycles. The van der Waals surface area contributed by atoms with Crippen LogP contribution in [0.1, 0.15) is 23.7 Å². The highest BCUT2D eigenvalue weighted by molar-refractivity contribution is 7.11. The minimum Gasteiger partial charge on any atom is -0.378 e. The van der Waals surface area contributed by atoms with Crippen LogP contribution in [0.25, 0.3) is 0 Å². The normalized spacial score (nSPS) is 11.2. The third-order valence-corrected chi connectivity index (χ3v) is 4.22. The van der Waals surface area contributed by atoms with Crippen LogP contribution in [0.2, 0.25) is 0 Å². The molecule has 0 saturated heterocycles. The number of hydrogen-bond donors (Lipinski definition) is 1. The number of aryl methyl sites for hydroxylation is 1. The standard InChI is InChI=1S/C14H23N5S/c1-4-18(5-2)6-7-19-11-13(8-17-19)16-10-14-9-15-12(3)20-14/h8-9,11,16H,4-7,10H2,1-3H3. The van der Waals surface area contributed by atoms with Crippen molar-refractivity contribution in [3.8, 4) is 0 Å². The summed E-state index contributed by atoms with van der Waals surface area (Å²) in [4.78, 5) is 7.90. The minimum absolute atomic E-state index is 0.813. The van der Waals surface area contributed by atoms with Crippen molar-refractivity contribution < 1.29 is 0 Å². The number of rotatable bonds is 8. The zero-order valence-electron chi connectivity index (χ0n) is 12.5. The highest BCUT2D eigenvalue weighted by Crippen LogP contribution is 2.14. The van der Waals surface area contributed by atoms with Crippen LogP contribution in [-0.4, -0.2) is 39.3 Å². The van der Waals surface area contributed by atoms with Gasteiger partial charge in [0.05, 0.1) is 30.0 Å². The van der Waals surface area contributed by atoms with Crippen molar-refractivity contribution >= 4 is 17.0 Å². The lowest BCUT2D eigenvalue weighted by atomic mass is 10.4. The Bertz CT molecular complexity index is 515. The molecule has 0 aliphatic rings. The Morgan fingerprint density at radius 2 is 2.10 bits per heavy atom. The van der Waals surface area contributed by atoms with E-state index in [1.807, 2.05) is 24.0 Å². The van der Waals surface area contributed by atoms with Crippen molar-refractivity contribution in [2.75, 3.05) is 25.0 Å². The first-order chi connectivity index (χ1) is 9.71. The zero-order valence-corrected chi connectivity index (χ0v) is 13.3. The molecular formula is C14H23N5S. The molecule has 2 rings (SSSR count). The molecule has 0 aromatic carbocycles. The van der Waals surface area contributed by atoms with E-state index in [4.69, 9.17) is 0 Å². The predicted molar refractivity (Wildman–Crippen MR) is 84.2 cm³/mol. The number of nitrogens with one attached hydrogen (secondary N) is 1. The third-order valence-electron chi connectivity index (χ3n) is 3.31. The predicted octanol–water partition coefficient (Wildman–Crippen LogP) is 2.60. The Morgan fingerprint density at radius 3 is 2.75 bits per heavy atom. The van der Waals surface area contributed by atoms with Crippen molar-refractivity contribution in [1.82, 2.24) is 19.7 Å². The molecule has 1 N–H and O–H groups in total. The van der Waals surface area contributed by atoms with Crippen molar-refractivity contribution in [2.24, 2.45) is 0 Å². The first-order valence-corrected chi connectivity index (χ1v) is 7.93. The molecule has 0 spiro atoms. The number of aromatic nitrogens is 3. The summed E-state index contributed by atoms with van der Waals surface area (Å²) in [6.07, 6.45) is 5.88. The molecular weight excluding hydrogens is 270 g/mol. The van der Waals surface area contributed by atoms with Gasteiger partial charge in [-0.25, -0.2) is 4.98 Å². The quantitative estimate of drug-likeness (QED) is 0.812. The summed E-state index contributed by atoms with van der Waals surface area (Å²) in [5, 5.41) is 8.88. The molecule has 0 radical (unpaired) electrons. The third kappa shape index (κ3) is 4.31.